The molecule has 192 valence electrons. The van der Waals surface area contributed by atoms with Gasteiger partial charge in [0.15, 0.2) is 0 Å². The number of carbonyl (C=O) groups is 1. The number of ether oxygens (including phenoxy) is 1. The van der Waals surface area contributed by atoms with Gasteiger partial charge in [-0.1, -0.05) is 74.0 Å². The van der Waals surface area contributed by atoms with Gasteiger partial charge in [-0.3, -0.25) is 9.59 Å². The fourth-order valence-electron chi connectivity index (χ4n) is 3.98. The van der Waals surface area contributed by atoms with Crippen molar-refractivity contribution in [1.82, 2.24) is 8.52 Å². The molecule has 0 N–H and O–H groups in total. The molecule has 3 aromatic carbocycles. The van der Waals surface area contributed by atoms with E-state index in [9.17, 15) is 14.4 Å². The minimum Gasteiger partial charge on any atom is -0.460 e. The molecule has 4 rings (SSSR count). The summed E-state index contributed by atoms with van der Waals surface area (Å²) in [5.74, 6) is -0.0622. The van der Waals surface area contributed by atoms with Crippen molar-refractivity contribution in [1.29, 1.82) is 0 Å². The largest absolute Gasteiger partial charge is 0.460 e. The van der Waals surface area contributed by atoms with Crippen molar-refractivity contribution in [3.05, 3.63) is 120 Å². The van der Waals surface area contributed by atoms with Crippen LogP contribution in [0.15, 0.2) is 82.4 Å². The number of halogens is 1. The molecule has 8 heteroatoms. The van der Waals surface area contributed by atoms with E-state index in [0.717, 1.165) is 34.6 Å². The van der Waals surface area contributed by atoms with Crippen LogP contribution in [0.2, 0.25) is 5.02 Å². The molecule has 0 amide bonds. The average Bonchev–Trinajstić information content (AvgIpc) is 3.16. The second-order valence-electron chi connectivity index (χ2n) is 9.48. The summed E-state index contributed by atoms with van der Waals surface area (Å²) in [5, 5.41) is 0.555. The lowest BCUT2D eigenvalue weighted by Gasteiger charge is -2.13. The standard InChI is InChI=1S/C29H29ClN2O4S/c1-19(2)16-21-8-10-24(11-9-21)20(3)27(33)36-18-23-6-4-22(5-7-23)17-31-28(34)32(37-29(31)35)26-14-12-25(30)13-15-26/h4-15,19-20H,16-18H2,1-3H3. The zero-order valence-corrected chi connectivity index (χ0v) is 22.6. The van der Waals surface area contributed by atoms with Crippen molar-refractivity contribution in [2.45, 2.75) is 46.3 Å². The van der Waals surface area contributed by atoms with E-state index in [1.165, 1.54) is 14.1 Å². The predicted octanol–water partition coefficient (Wildman–Crippen LogP) is 5.81. The first-order chi connectivity index (χ1) is 17.7. The third-order valence-corrected chi connectivity index (χ3v) is 7.26. The predicted molar refractivity (Wildman–Crippen MR) is 148 cm³/mol. The van der Waals surface area contributed by atoms with E-state index < -0.39 is 5.69 Å². The summed E-state index contributed by atoms with van der Waals surface area (Å²) >= 11 is 6.77. The van der Waals surface area contributed by atoms with E-state index in [4.69, 9.17) is 16.3 Å². The van der Waals surface area contributed by atoms with Crippen molar-refractivity contribution in [3.63, 3.8) is 0 Å². The Kier molecular flexibility index (Phi) is 8.46. The Hall–Kier alpha value is -3.42. The third-order valence-electron chi connectivity index (χ3n) is 6.08. The van der Waals surface area contributed by atoms with Gasteiger partial charge in [-0.25, -0.2) is 13.3 Å². The summed E-state index contributed by atoms with van der Waals surface area (Å²) in [6.45, 7) is 6.51. The minimum absolute atomic E-state index is 0.149. The van der Waals surface area contributed by atoms with Crippen LogP contribution in [0.3, 0.4) is 0 Å². The van der Waals surface area contributed by atoms with Crippen molar-refractivity contribution >= 4 is 29.1 Å². The summed E-state index contributed by atoms with van der Waals surface area (Å²) in [4.78, 5) is 37.5. The van der Waals surface area contributed by atoms with Gasteiger partial charge < -0.3 is 4.74 Å². The highest BCUT2D eigenvalue weighted by Crippen LogP contribution is 2.20. The van der Waals surface area contributed by atoms with Crippen LogP contribution < -0.4 is 10.6 Å². The summed E-state index contributed by atoms with van der Waals surface area (Å²) in [5.41, 5.74) is 4.00. The number of rotatable bonds is 9. The van der Waals surface area contributed by atoms with Crippen molar-refractivity contribution < 1.29 is 9.53 Å². The van der Waals surface area contributed by atoms with Crippen molar-refractivity contribution in [2.75, 3.05) is 0 Å². The van der Waals surface area contributed by atoms with Gasteiger partial charge in [0.1, 0.15) is 6.61 Å². The van der Waals surface area contributed by atoms with Gasteiger partial charge >= 0.3 is 16.5 Å². The van der Waals surface area contributed by atoms with Gasteiger partial charge in [0.25, 0.3) is 0 Å². The summed E-state index contributed by atoms with van der Waals surface area (Å²) in [6, 6.07) is 22.2. The Bertz CT molecular complexity index is 1470. The molecular formula is C29H29ClN2O4S. The second-order valence-corrected chi connectivity index (χ2v) is 10.8. The maximum Gasteiger partial charge on any atom is 0.346 e. The number of hydrogen-bond acceptors (Lipinski definition) is 5. The fourth-order valence-corrected chi connectivity index (χ4v) is 4.91. The molecule has 0 saturated carbocycles. The fraction of sp³-hybridized carbons (Fsp3) is 0.276. The second kappa shape index (κ2) is 11.8. The van der Waals surface area contributed by atoms with Crippen LogP contribution in [0, 0.1) is 5.92 Å². The Labute approximate surface area is 224 Å². The molecule has 0 aliphatic rings. The molecule has 0 aliphatic heterocycles. The Balaban J connectivity index is 1.36. The topological polar surface area (TPSA) is 70.3 Å². The number of benzene rings is 3. The Morgan fingerprint density at radius 1 is 0.865 bits per heavy atom. The number of nitrogens with zero attached hydrogens (tertiary/aromatic N) is 2. The Morgan fingerprint density at radius 2 is 1.46 bits per heavy atom. The molecule has 1 heterocycles. The lowest BCUT2D eigenvalue weighted by Crippen LogP contribution is -2.28. The molecule has 0 saturated heterocycles. The van der Waals surface area contributed by atoms with E-state index in [-0.39, 0.29) is 29.9 Å². The van der Waals surface area contributed by atoms with Crippen LogP contribution in [-0.4, -0.2) is 14.5 Å². The van der Waals surface area contributed by atoms with Gasteiger partial charge in [-0.05, 0) is 65.8 Å². The van der Waals surface area contributed by atoms with E-state index in [1.807, 2.05) is 43.3 Å². The molecule has 1 unspecified atom stereocenters. The van der Waals surface area contributed by atoms with Gasteiger partial charge in [-0.15, -0.1) is 0 Å². The van der Waals surface area contributed by atoms with Crippen molar-refractivity contribution in [3.8, 4) is 5.69 Å². The van der Waals surface area contributed by atoms with Crippen molar-refractivity contribution in [2.24, 2.45) is 5.92 Å². The van der Waals surface area contributed by atoms with Crippen LogP contribution in [0.25, 0.3) is 5.69 Å². The number of carbonyl (C=O) groups excluding carboxylic acids is 1. The highest BCUT2D eigenvalue weighted by atomic mass is 35.5. The molecule has 0 aliphatic carbocycles. The first-order valence-electron chi connectivity index (χ1n) is 12.1. The van der Waals surface area contributed by atoms with Crippen LogP contribution in [0.5, 0.6) is 0 Å². The Morgan fingerprint density at radius 3 is 2.08 bits per heavy atom. The smallest absolute Gasteiger partial charge is 0.346 e. The first kappa shape index (κ1) is 26.6. The van der Waals surface area contributed by atoms with Crippen LogP contribution in [0.1, 0.15) is 48.9 Å². The molecule has 0 bridgehead atoms. The van der Waals surface area contributed by atoms with Crippen LogP contribution >= 0.6 is 23.1 Å². The third kappa shape index (κ3) is 6.67. The maximum atomic E-state index is 12.8. The minimum atomic E-state index is -0.401. The molecule has 0 radical (unpaired) electrons. The molecule has 37 heavy (non-hydrogen) atoms. The van der Waals surface area contributed by atoms with Gasteiger partial charge in [-0.2, -0.15) is 0 Å². The molecule has 0 fully saturated rings. The average molecular weight is 537 g/mol. The number of esters is 1. The molecule has 6 nitrogen and oxygen atoms in total. The van der Waals surface area contributed by atoms with E-state index in [2.05, 4.69) is 26.0 Å². The first-order valence-corrected chi connectivity index (χ1v) is 13.3. The van der Waals surface area contributed by atoms with Gasteiger partial charge in [0.2, 0.25) is 0 Å². The lowest BCUT2D eigenvalue weighted by atomic mass is 9.97. The summed E-state index contributed by atoms with van der Waals surface area (Å²) in [6.07, 6.45) is 1.01. The molecule has 1 aromatic heterocycles. The van der Waals surface area contributed by atoms with Crippen LogP contribution in [0.4, 0.5) is 0 Å². The van der Waals surface area contributed by atoms with E-state index in [1.54, 1.807) is 24.3 Å². The molecule has 1 atom stereocenters. The number of hydrogen-bond donors (Lipinski definition) is 0. The lowest BCUT2D eigenvalue weighted by molar-refractivity contribution is -0.146. The van der Waals surface area contributed by atoms with E-state index >= 15 is 0 Å². The van der Waals surface area contributed by atoms with Gasteiger partial charge in [0.05, 0.1) is 18.2 Å². The van der Waals surface area contributed by atoms with E-state index in [0.29, 0.717) is 16.6 Å². The molecule has 4 aromatic rings. The quantitative estimate of drug-likeness (QED) is 0.253. The highest BCUT2D eigenvalue weighted by molar-refractivity contribution is 7.03. The maximum absolute atomic E-state index is 12.8. The zero-order chi connectivity index (χ0) is 26.5. The summed E-state index contributed by atoms with van der Waals surface area (Å²) < 4.78 is 8.09. The van der Waals surface area contributed by atoms with Crippen LogP contribution in [-0.2, 0) is 29.1 Å². The monoisotopic (exact) mass is 536 g/mol. The highest BCUT2D eigenvalue weighted by Gasteiger charge is 2.17. The SMILES string of the molecule is CC(C)Cc1ccc(C(C)C(=O)OCc2ccc(Cn3c(=O)sn(-c4ccc(Cl)cc4)c3=O)cc2)cc1. The summed E-state index contributed by atoms with van der Waals surface area (Å²) in [7, 11) is 0. The molecular weight excluding hydrogens is 508 g/mol. The zero-order valence-electron chi connectivity index (χ0n) is 21.0. The number of aromatic nitrogens is 2. The normalized spacial score (nSPS) is 12.0. The van der Waals surface area contributed by atoms with Gasteiger partial charge in [0, 0.05) is 16.6 Å². The molecule has 0 spiro atoms.